The van der Waals surface area contributed by atoms with E-state index in [4.69, 9.17) is 10.8 Å². The molecule has 0 spiro atoms. The summed E-state index contributed by atoms with van der Waals surface area (Å²) >= 11 is 0. The van der Waals surface area contributed by atoms with Crippen LogP contribution in [0.3, 0.4) is 0 Å². The molecule has 0 aliphatic rings. The predicted octanol–water partition coefficient (Wildman–Crippen LogP) is 0.519. The summed E-state index contributed by atoms with van der Waals surface area (Å²) in [5, 5.41) is 18.4. The van der Waals surface area contributed by atoms with E-state index in [2.05, 4.69) is 0 Å². The number of phenols is 2. The van der Waals surface area contributed by atoms with E-state index in [1.807, 2.05) is 6.92 Å². The molecule has 0 saturated heterocycles. The van der Waals surface area contributed by atoms with Crippen LogP contribution in [0.1, 0.15) is 17.3 Å². The lowest BCUT2D eigenvalue weighted by Crippen LogP contribution is -2.35. The quantitative estimate of drug-likeness (QED) is 0.651. The summed E-state index contributed by atoms with van der Waals surface area (Å²) in [4.78, 5) is 13.5. The van der Waals surface area contributed by atoms with E-state index in [9.17, 15) is 9.90 Å². The van der Waals surface area contributed by atoms with Crippen molar-refractivity contribution in [3.63, 3.8) is 0 Å². The fraction of sp³-hybridized carbons (Fsp3) is 0.364. The Bertz CT molecular complexity index is 379. The van der Waals surface area contributed by atoms with Crippen molar-refractivity contribution in [3.8, 4) is 11.5 Å². The molecule has 0 aliphatic carbocycles. The standard InChI is InChI=1S/C11H16N2O3/c1-2-13(6-5-12)11(16)8-3-4-9(14)10(15)7-8/h3-4,7,14-15H,2,5-6,12H2,1H3. The Labute approximate surface area is 94.1 Å². The average molecular weight is 224 g/mol. The maximum absolute atomic E-state index is 11.9. The van der Waals surface area contributed by atoms with E-state index in [0.717, 1.165) is 0 Å². The smallest absolute Gasteiger partial charge is 0.254 e. The van der Waals surface area contributed by atoms with Crippen molar-refractivity contribution in [1.29, 1.82) is 0 Å². The van der Waals surface area contributed by atoms with Crippen LogP contribution in [-0.2, 0) is 0 Å². The molecule has 1 rings (SSSR count). The zero-order chi connectivity index (χ0) is 12.1. The minimum atomic E-state index is -0.297. The number of amides is 1. The maximum atomic E-state index is 11.9. The van der Waals surface area contributed by atoms with E-state index in [-0.39, 0.29) is 17.4 Å². The van der Waals surface area contributed by atoms with E-state index >= 15 is 0 Å². The van der Waals surface area contributed by atoms with Gasteiger partial charge in [-0.2, -0.15) is 0 Å². The van der Waals surface area contributed by atoms with Crippen LogP contribution < -0.4 is 5.73 Å². The molecule has 88 valence electrons. The third-order valence-electron chi connectivity index (χ3n) is 2.29. The van der Waals surface area contributed by atoms with Crippen LogP contribution in [0.5, 0.6) is 11.5 Å². The first-order chi connectivity index (χ1) is 7.60. The van der Waals surface area contributed by atoms with Crippen molar-refractivity contribution < 1.29 is 15.0 Å². The van der Waals surface area contributed by atoms with Gasteiger partial charge < -0.3 is 20.8 Å². The first-order valence-corrected chi connectivity index (χ1v) is 5.11. The lowest BCUT2D eigenvalue weighted by Gasteiger charge is -2.20. The molecule has 0 saturated carbocycles. The predicted molar refractivity (Wildman–Crippen MR) is 60.4 cm³/mol. The Morgan fingerprint density at radius 3 is 2.56 bits per heavy atom. The lowest BCUT2D eigenvalue weighted by molar-refractivity contribution is 0.0768. The Hall–Kier alpha value is -1.75. The van der Waals surface area contributed by atoms with E-state index in [1.165, 1.54) is 18.2 Å². The highest BCUT2D eigenvalue weighted by molar-refractivity contribution is 5.94. The Morgan fingerprint density at radius 2 is 2.06 bits per heavy atom. The zero-order valence-electron chi connectivity index (χ0n) is 9.18. The number of nitrogens with zero attached hydrogens (tertiary/aromatic N) is 1. The number of carbonyl (C=O) groups is 1. The molecule has 0 unspecified atom stereocenters. The number of benzene rings is 1. The van der Waals surface area contributed by atoms with Crippen LogP contribution in [0.4, 0.5) is 0 Å². The van der Waals surface area contributed by atoms with Crippen LogP contribution in [0.15, 0.2) is 18.2 Å². The van der Waals surface area contributed by atoms with Gasteiger partial charge in [0.15, 0.2) is 11.5 Å². The summed E-state index contributed by atoms with van der Waals surface area (Å²) in [5.41, 5.74) is 5.73. The summed E-state index contributed by atoms with van der Waals surface area (Å²) in [6.45, 7) is 3.27. The number of nitrogens with two attached hydrogens (primary N) is 1. The van der Waals surface area contributed by atoms with Gasteiger partial charge in [0.2, 0.25) is 0 Å². The molecule has 0 atom stereocenters. The number of likely N-dealkylation sites (N-methyl/N-ethyl adjacent to an activating group) is 1. The van der Waals surface area contributed by atoms with Gasteiger partial charge in [0.05, 0.1) is 0 Å². The summed E-state index contributed by atoms with van der Waals surface area (Å²) in [6.07, 6.45) is 0. The third kappa shape index (κ3) is 2.64. The largest absolute Gasteiger partial charge is 0.504 e. The first kappa shape index (κ1) is 12.3. The Morgan fingerprint density at radius 1 is 1.38 bits per heavy atom. The van der Waals surface area contributed by atoms with Gasteiger partial charge in [-0.1, -0.05) is 0 Å². The maximum Gasteiger partial charge on any atom is 0.254 e. The molecule has 0 fully saturated rings. The van der Waals surface area contributed by atoms with Gasteiger partial charge in [-0.05, 0) is 25.1 Å². The molecule has 16 heavy (non-hydrogen) atoms. The van der Waals surface area contributed by atoms with Crippen molar-refractivity contribution in [3.05, 3.63) is 23.8 Å². The summed E-state index contributed by atoms with van der Waals surface area (Å²) in [7, 11) is 0. The molecule has 4 N–H and O–H groups in total. The molecule has 5 nitrogen and oxygen atoms in total. The molecule has 0 radical (unpaired) electrons. The number of rotatable bonds is 4. The summed E-state index contributed by atoms with van der Waals surface area (Å²) < 4.78 is 0. The van der Waals surface area contributed by atoms with Crippen molar-refractivity contribution in [1.82, 2.24) is 4.90 Å². The van der Waals surface area contributed by atoms with Crippen molar-refractivity contribution in [2.45, 2.75) is 6.92 Å². The highest BCUT2D eigenvalue weighted by Gasteiger charge is 2.14. The van der Waals surface area contributed by atoms with E-state index in [1.54, 1.807) is 4.90 Å². The fourth-order valence-electron chi connectivity index (χ4n) is 1.40. The zero-order valence-corrected chi connectivity index (χ0v) is 9.18. The average Bonchev–Trinajstić information content (AvgIpc) is 2.28. The number of hydrogen-bond donors (Lipinski definition) is 3. The number of carbonyl (C=O) groups excluding carboxylic acids is 1. The summed E-state index contributed by atoms with van der Waals surface area (Å²) in [5.74, 6) is -0.740. The molecule has 1 amide bonds. The van der Waals surface area contributed by atoms with Crippen LogP contribution >= 0.6 is 0 Å². The first-order valence-electron chi connectivity index (χ1n) is 5.11. The van der Waals surface area contributed by atoms with Crippen LogP contribution in [-0.4, -0.2) is 40.7 Å². The minimum absolute atomic E-state index is 0.205. The Kier molecular flexibility index (Phi) is 4.13. The van der Waals surface area contributed by atoms with Crippen molar-refractivity contribution in [2.24, 2.45) is 5.73 Å². The number of hydrogen-bond acceptors (Lipinski definition) is 4. The molecule has 0 bridgehead atoms. The molecule has 0 aliphatic heterocycles. The van der Waals surface area contributed by atoms with Gasteiger partial charge in [0, 0.05) is 25.2 Å². The minimum Gasteiger partial charge on any atom is -0.504 e. The SMILES string of the molecule is CCN(CCN)C(=O)c1ccc(O)c(O)c1. The van der Waals surface area contributed by atoms with Gasteiger partial charge in [-0.15, -0.1) is 0 Å². The fourth-order valence-corrected chi connectivity index (χ4v) is 1.40. The Balaban J connectivity index is 2.90. The van der Waals surface area contributed by atoms with E-state index < -0.39 is 0 Å². The van der Waals surface area contributed by atoms with Crippen LogP contribution in [0, 0.1) is 0 Å². The third-order valence-corrected chi connectivity index (χ3v) is 2.29. The summed E-state index contributed by atoms with van der Waals surface area (Å²) in [6, 6.07) is 4.01. The second-order valence-corrected chi connectivity index (χ2v) is 3.38. The highest BCUT2D eigenvalue weighted by Crippen LogP contribution is 2.25. The van der Waals surface area contributed by atoms with Gasteiger partial charge in [-0.25, -0.2) is 0 Å². The lowest BCUT2D eigenvalue weighted by atomic mass is 10.1. The van der Waals surface area contributed by atoms with Gasteiger partial charge >= 0.3 is 0 Å². The molecule has 0 aromatic heterocycles. The molecule has 1 aromatic rings. The number of phenolic OH excluding ortho intramolecular Hbond substituents is 2. The van der Waals surface area contributed by atoms with Crippen molar-refractivity contribution in [2.75, 3.05) is 19.6 Å². The normalized spacial score (nSPS) is 10.1. The topological polar surface area (TPSA) is 86.8 Å². The van der Waals surface area contributed by atoms with Crippen LogP contribution in [0.25, 0.3) is 0 Å². The van der Waals surface area contributed by atoms with E-state index in [0.29, 0.717) is 25.2 Å². The molecule has 1 aromatic carbocycles. The molecule has 0 heterocycles. The molecule has 5 heteroatoms. The highest BCUT2D eigenvalue weighted by atomic mass is 16.3. The second-order valence-electron chi connectivity index (χ2n) is 3.38. The molecular weight excluding hydrogens is 208 g/mol. The molecular formula is C11H16N2O3. The number of aromatic hydroxyl groups is 2. The monoisotopic (exact) mass is 224 g/mol. The van der Waals surface area contributed by atoms with Crippen LogP contribution in [0.2, 0.25) is 0 Å². The van der Waals surface area contributed by atoms with Gasteiger partial charge in [0.25, 0.3) is 5.91 Å². The van der Waals surface area contributed by atoms with Gasteiger partial charge in [0.1, 0.15) is 0 Å². The van der Waals surface area contributed by atoms with Gasteiger partial charge in [-0.3, -0.25) is 4.79 Å². The second kappa shape index (κ2) is 5.37. The van der Waals surface area contributed by atoms with Crippen molar-refractivity contribution >= 4 is 5.91 Å².